The van der Waals surface area contributed by atoms with E-state index in [0.29, 0.717) is 38.5 Å². The van der Waals surface area contributed by atoms with Gasteiger partial charge >= 0.3 is 0 Å². The summed E-state index contributed by atoms with van der Waals surface area (Å²) in [7, 11) is 0. The van der Waals surface area contributed by atoms with Crippen molar-refractivity contribution in [3.63, 3.8) is 0 Å². The summed E-state index contributed by atoms with van der Waals surface area (Å²) in [6.45, 7) is 4.24. The Balaban J connectivity index is 1.66. The number of anilines is 1. The fourth-order valence-corrected chi connectivity index (χ4v) is 4.13. The van der Waals surface area contributed by atoms with Crippen molar-refractivity contribution in [2.45, 2.75) is 24.9 Å². The maximum Gasteiger partial charge on any atom is 0.266 e. The Morgan fingerprint density at radius 3 is 2.53 bits per heavy atom. The largest absolute Gasteiger partial charge is 0.310 e. The van der Waals surface area contributed by atoms with Gasteiger partial charge in [0.2, 0.25) is 5.91 Å². The highest BCUT2D eigenvalue weighted by Crippen LogP contribution is 2.23. The molecule has 2 aromatic heterocycles. The summed E-state index contributed by atoms with van der Waals surface area (Å²) < 4.78 is 1.56. The molecule has 1 amide bonds. The molecular formula is C24H21ClN4O2S. The molecule has 0 fully saturated rings. The second-order valence-electron chi connectivity index (χ2n) is 7.50. The summed E-state index contributed by atoms with van der Waals surface area (Å²) in [5.41, 5.74) is 2.31. The van der Waals surface area contributed by atoms with E-state index in [9.17, 15) is 9.59 Å². The lowest BCUT2D eigenvalue weighted by molar-refractivity contribution is -0.113. The zero-order valence-electron chi connectivity index (χ0n) is 17.6. The zero-order valence-corrected chi connectivity index (χ0v) is 19.2. The number of thioether (sulfide) groups is 1. The van der Waals surface area contributed by atoms with Gasteiger partial charge in [-0.3, -0.25) is 14.2 Å². The number of hydrogen-bond acceptors (Lipinski definition) is 5. The third kappa shape index (κ3) is 4.84. The number of carbonyl (C=O) groups excluding carboxylic acids is 1. The molecule has 0 radical (unpaired) electrons. The molecule has 0 spiro atoms. The predicted octanol–water partition coefficient (Wildman–Crippen LogP) is 5.29. The number of rotatable bonds is 6. The van der Waals surface area contributed by atoms with E-state index < -0.39 is 0 Å². The summed E-state index contributed by atoms with van der Waals surface area (Å²) in [6, 6.07) is 18.3. The number of hydrogen-bond donors (Lipinski definition) is 1. The molecule has 0 aliphatic rings. The minimum Gasteiger partial charge on any atom is -0.310 e. The first kappa shape index (κ1) is 22.0. The SMILES string of the molecule is CC(C)c1ccc(-n2c(SCC(=O)Nc3ccc(Cl)cn3)nc3ccccc3c2=O)cc1. The molecule has 4 rings (SSSR count). The van der Waals surface area contributed by atoms with Crippen molar-refractivity contribution in [3.05, 3.63) is 87.8 Å². The zero-order chi connectivity index (χ0) is 22.7. The van der Waals surface area contributed by atoms with Crippen LogP contribution in [-0.4, -0.2) is 26.2 Å². The number of nitrogens with one attached hydrogen (secondary N) is 1. The summed E-state index contributed by atoms with van der Waals surface area (Å²) in [4.78, 5) is 34.5. The van der Waals surface area contributed by atoms with Gasteiger partial charge in [-0.1, -0.05) is 61.5 Å². The second kappa shape index (κ2) is 9.54. The average molecular weight is 465 g/mol. The number of carbonyl (C=O) groups is 1. The molecule has 2 heterocycles. The quantitative estimate of drug-likeness (QED) is 0.310. The molecule has 0 aliphatic carbocycles. The molecule has 0 aliphatic heterocycles. The van der Waals surface area contributed by atoms with Gasteiger partial charge in [-0.05, 0) is 47.9 Å². The standard InChI is InChI=1S/C24H21ClN4O2S/c1-15(2)16-7-10-18(11-8-16)29-23(31)19-5-3-4-6-20(19)27-24(29)32-14-22(30)28-21-12-9-17(25)13-26-21/h3-13,15H,14H2,1-2H3,(H,26,28,30). The van der Waals surface area contributed by atoms with E-state index in [-0.39, 0.29) is 17.2 Å². The summed E-state index contributed by atoms with van der Waals surface area (Å²) >= 11 is 7.03. The highest BCUT2D eigenvalue weighted by molar-refractivity contribution is 7.99. The van der Waals surface area contributed by atoms with Crippen molar-refractivity contribution in [2.24, 2.45) is 0 Å². The number of pyridine rings is 1. The molecule has 8 heteroatoms. The number of aromatic nitrogens is 3. The van der Waals surface area contributed by atoms with Gasteiger partial charge in [0.25, 0.3) is 5.56 Å². The molecule has 0 saturated carbocycles. The van der Waals surface area contributed by atoms with Crippen LogP contribution >= 0.6 is 23.4 Å². The summed E-state index contributed by atoms with van der Waals surface area (Å²) in [5, 5.41) is 4.19. The lowest BCUT2D eigenvalue weighted by Gasteiger charge is -2.14. The predicted molar refractivity (Wildman–Crippen MR) is 130 cm³/mol. The highest BCUT2D eigenvalue weighted by atomic mass is 35.5. The molecule has 2 aromatic carbocycles. The summed E-state index contributed by atoms with van der Waals surface area (Å²) in [5.74, 6) is 0.607. The highest BCUT2D eigenvalue weighted by Gasteiger charge is 2.15. The van der Waals surface area contributed by atoms with Gasteiger partial charge in [0.1, 0.15) is 5.82 Å². The third-order valence-corrected chi connectivity index (χ3v) is 6.05. The normalized spacial score (nSPS) is 11.1. The number of amides is 1. The molecular weight excluding hydrogens is 444 g/mol. The lowest BCUT2D eigenvalue weighted by atomic mass is 10.0. The van der Waals surface area contributed by atoms with E-state index >= 15 is 0 Å². The summed E-state index contributed by atoms with van der Waals surface area (Å²) in [6.07, 6.45) is 1.47. The monoisotopic (exact) mass is 464 g/mol. The Labute approximate surface area is 194 Å². The Bertz CT molecular complexity index is 1320. The minimum absolute atomic E-state index is 0.0686. The second-order valence-corrected chi connectivity index (χ2v) is 8.88. The number of halogens is 1. The van der Waals surface area contributed by atoms with Gasteiger partial charge in [0.15, 0.2) is 5.16 Å². The number of para-hydroxylation sites is 1. The lowest BCUT2D eigenvalue weighted by Crippen LogP contribution is -2.23. The number of nitrogens with zero attached hydrogens (tertiary/aromatic N) is 3. The maximum absolute atomic E-state index is 13.3. The van der Waals surface area contributed by atoms with E-state index in [1.54, 1.807) is 28.8 Å². The van der Waals surface area contributed by atoms with Crippen molar-refractivity contribution in [1.29, 1.82) is 0 Å². The van der Waals surface area contributed by atoms with Crippen LogP contribution in [0, 0.1) is 0 Å². The van der Waals surface area contributed by atoms with Gasteiger partial charge in [0.05, 0.1) is 27.4 Å². The fraction of sp³-hybridized carbons (Fsp3) is 0.167. The first-order chi connectivity index (χ1) is 15.4. The molecule has 4 aromatic rings. The van der Waals surface area contributed by atoms with E-state index in [0.717, 1.165) is 0 Å². The van der Waals surface area contributed by atoms with Crippen LogP contribution in [0.4, 0.5) is 5.82 Å². The van der Waals surface area contributed by atoms with Crippen LogP contribution in [0.3, 0.4) is 0 Å². The molecule has 0 unspecified atom stereocenters. The van der Waals surface area contributed by atoms with Gasteiger partial charge in [0, 0.05) is 6.20 Å². The van der Waals surface area contributed by atoms with E-state index in [1.165, 1.54) is 23.5 Å². The maximum atomic E-state index is 13.3. The smallest absolute Gasteiger partial charge is 0.266 e. The van der Waals surface area contributed by atoms with Crippen molar-refractivity contribution in [1.82, 2.24) is 14.5 Å². The van der Waals surface area contributed by atoms with Crippen LogP contribution in [0.15, 0.2) is 76.8 Å². The Hall–Kier alpha value is -3.16. The fourth-order valence-electron chi connectivity index (χ4n) is 3.20. The molecule has 0 atom stereocenters. The van der Waals surface area contributed by atoms with Gasteiger partial charge < -0.3 is 5.32 Å². The Morgan fingerprint density at radius 1 is 1.09 bits per heavy atom. The average Bonchev–Trinajstić information content (AvgIpc) is 2.79. The van der Waals surface area contributed by atoms with Crippen LogP contribution in [0.25, 0.3) is 16.6 Å². The molecule has 0 saturated heterocycles. The third-order valence-electron chi connectivity index (χ3n) is 4.89. The molecule has 6 nitrogen and oxygen atoms in total. The minimum atomic E-state index is -0.256. The molecule has 162 valence electrons. The van der Waals surface area contributed by atoms with Gasteiger partial charge in [-0.2, -0.15) is 0 Å². The first-order valence-corrected chi connectivity index (χ1v) is 11.4. The van der Waals surface area contributed by atoms with Crippen LogP contribution in [0.1, 0.15) is 25.3 Å². The van der Waals surface area contributed by atoms with Crippen LogP contribution in [0.5, 0.6) is 0 Å². The van der Waals surface area contributed by atoms with Crippen LogP contribution in [0.2, 0.25) is 5.02 Å². The van der Waals surface area contributed by atoms with Crippen LogP contribution in [-0.2, 0) is 4.79 Å². The molecule has 0 bridgehead atoms. The van der Waals surface area contributed by atoms with Crippen LogP contribution < -0.4 is 10.9 Å². The van der Waals surface area contributed by atoms with Gasteiger partial charge in [-0.25, -0.2) is 9.97 Å². The van der Waals surface area contributed by atoms with E-state index in [4.69, 9.17) is 11.6 Å². The number of fused-ring (bicyclic) bond motifs is 1. The van der Waals surface area contributed by atoms with Crippen molar-refractivity contribution >= 4 is 46.0 Å². The van der Waals surface area contributed by atoms with Crippen molar-refractivity contribution in [2.75, 3.05) is 11.1 Å². The van der Waals surface area contributed by atoms with Crippen molar-refractivity contribution < 1.29 is 4.79 Å². The molecule has 1 N–H and O–H groups in total. The Morgan fingerprint density at radius 2 is 1.84 bits per heavy atom. The number of benzene rings is 2. The van der Waals surface area contributed by atoms with Crippen molar-refractivity contribution in [3.8, 4) is 5.69 Å². The topological polar surface area (TPSA) is 76.9 Å². The van der Waals surface area contributed by atoms with E-state index in [1.807, 2.05) is 36.4 Å². The molecule has 32 heavy (non-hydrogen) atoms. The van der Waals surface area contributed by atoms with E-state index in [2.05, 4.69) is 29.1 Å². The van der Waals surface area contributed by atoms with Gasteiger partial charge in [-0.15, -0.1) is 0 Å². The Kier molecular flexibility index (Phi) is 6.58. The first-order valence-electron chi connectivity index (χ1n) is 10.1.